The van der Waals surface area contributed by atoms with Crippen molar-refractivity contribution in [1.29, 1.82) is 0 Å². The molecule has 3 rings (SSSR count). The van der Waals surface area contributed by atoms with Crippen molar-refractivity contribution in [2.75, 3.05) is 11.9 Å². The number of amides is 1. The molecule has 0 atom stereocenters. The Morgan fingerprint density at radius 1 is 0.963 bits per heavy atom. The summed E-state index contributed by atoms with van der Waals surface area (Å²) in [5.41, 5.74) is 1.49. The molecule has 0 unspecified atom stereocenters. The number of anilines is 1. The molecule has 0 saturated heterocycles. The highest BCUT2D eigenvalue weighted by molar-refractivity contribution is 7.12. The minimum absolute atomic E-state index is 0.162. The summed E-state index contributed by atoms with van der Waals surface area (Å²) in [5.74, 6) is 0.689. The topological polar surface area (TPSA) is 64.6 Å². The normalized spacial score (nSPS) is 10.3. The second kappa shape index (κ2) is 9.00. The van der Waals surface area contributed by atoms with Gasteiger partial charge >= 0.3 is 5.97 Å². The third-order valence-corrected chi connectivity index (χ3v) is 4.54. The first kappa shape index (κ1) is 18.7. The predicted octanol–water partition coefficient (Wildman–Crippen LogP) is 4.55. The van der Waals surface area contributed by atoms with Crippen LogP contribution in [0.15, 0.2) is 66.0 Å². The van der Waals surface area contributed by atoms with E-state index in [1.165, 1.54) is 11.3 Å². The fraction of sp³-hybridized carbons (Fsp3) is 0.143. The second-order valence-electron chi connectivity index (χ2n) is 5.68. The van der Waals surface area contributed by atoms with E-state index in [1.54, 1.807) is 30.3 Å². The highest BCUT2D eigenvalue weighted by Crippen LogP contribution is 2.19. The first-order chi connectivity index (χ1) is 13.1. The molecule has 2 aromatic carbocycles. The van der Waals surface area contributed by atoms with Crippen molar-refractivity contribution in [2.24, 2.45) is 0 Å². The Hall–Kier alpha value is -3.12. The molecule has 0 saturated carbocycles. The van der Waals surface area contributed by atoms with E-state index in [0.29, 0.717) is 22.9 Å². The maximum absolute atomic E-state index is 12.1. The Kier molecular flexibility index (Phi) is 6.22. The van der Waals surface area contributed by atoms with Crippen molar-refractivity contribution < 1.29 is 19.1 Å². The van der Waals surface area contributed by atoms with E-state index in [4.69, 9.17) is 9.47 Å². The lowest BCUT2D eigenvalue weighted by molar-refractivity contribution is -0.133. The summed E-state index contributed by atoms with van der Waals surface area (Å²) < 4.78 is 10.7. The van der Waals surface area contributed by atoms with Gasteiger partial charge in [-0.1, -0.05) is 18.2 Å². The van der Waals surface area contributed by atoms with E-state index in [0.717, 1.165) is 11.3 Å². The SMILES string of the molecule is CCOc1ccc(CC(=O)Oc2ccc(NC(=O)c3cccs3)cc2)cc1. The molecule has 1 aromatic heterocycles. The first-order valence-electron chi connectivity index (χ1n) is 8.51. The van der Waals surface area contributed by atoms with Crippen LogP contribution < -0.4 is 14.8 Å². The molecule has 0 bridgehead atoms. The third kappa shape index (κ3) is 5.43. The molecule has 0 fully saturated rings. The summed E-state index contributed by atoms with van der Waals surface area (Å²) >= 11 is 1.38. The first-order valence-corrected chi connectivity index (χ1v) is 9.39. The van der Waals surface area contributed by atoms with Gasteiger partial charge in [-0.25, -0.2) is 0 Å². The summed E-state index contributed by atoms with van der Waals surface area (Å²) in [7, 11) is 0. The second-order valence-corrected chi connectivity index (χ2v) is 6.63. The van der Waals surface area contributed by atoms with Gasteiger partial charge in [0, 0.05) is 5.69 Å². The zero-order chi connectivity index (χ0) is 19.1. The number of ether oxygens (including phenoxy) is 2. The molecule has 0 aliphatic heterocycles. The Balaban J connectivity index is 1.52. The monoisotopic (exact) mass is 381 g/mol. The molecule has 0 aliphatic carbocycles. The largest absolute Gasteiger partial charge is 0.494 e. The number of hydrogen-bond donors (Lipinski definition) is 1. The van der Waals surface area contributed by atoms with Gasteiger partial charge in [0.1, 0.15) is 11.5 Å². The lowest BCUT2D eigenvalue weighted by Crippen LogP contribution is -2.12. The van der Waals surface area contributed by atoms with Crippen LogP contribution in [0.1, 0.15) is 22.2 Å². The van der Waals surface area contributed by atoms with Gasteiger partial charge in [-0.05, 0) is 60.3 Å². The third-order valence-electron chi connectivity index (χ3n) is 3.67. The van der Waals surface area contributed by atoms with Crippen LogP contribution in [0.3, 0.4) is 0 Å². The predicted molar refractivity (Wildman–Crippen MR) is 106 cm³/mol. The van der Waals surface area contributed by atoms with Crippen LogP contribution in [0.25, 0.3) is 0 Å². The van der Waals surface area contributed by atoms with Crippen LogP contribution in [0.5, 0.6) is 11.5 Å². The quantitative estimate of drug-likeness (QED) is 0.482. The zero-order valence-corrected chi connectivity index (χ0v) is 15.6. The van der Waals surface area contributed by atoms with Gasteiger partial charge in [-0.2, -0.15) is 0 Å². The molecular weight excluding hydrogens is 362 g/mol. The van der Waals surface area contributed by atoms with Gasteiger partial charge < -0.3 is 14.8 Å². The van der Waals surface area contributed by atoms with E-state index < -0.39 is 0 Å². The molecule has 0 spiro atoms. The lowest BCUT2D eigenvalue weighted by Gasteiger charge is -2.07. The Morgan fingerprint density at radius 3 is 2.30 bits per heavy atom. The van der Waals surface area contributed by atoms with E-state index in [2.05, 4.69) is 5.32 Å². The molecule has 5 nitrogen and oxygen atoms in total. The molecule has 3 aromatic rings. The standard InChI is InChI=1S/C21H19NO4S/c1-2-25-17-9-5-15(6-10-17)14-20(23)26-18-11-7-16(8-12-18)22-21(24)19-4-3-13-27-19/h3-13H,2,14H2,1H3,(H,22,24). The fourth-order valence-electron chi connectivity index (χ4n) is 2.41. The van der Waals surface area contributed by atoms with Crippen LogP contribution in [0.4, 0.5) is 5.69 Å². The molecule has 0 radical (unpaired) electrons. The van der Waals surface area contributed by atoms with Crippen molar-refractivity contribution >= 4 is 28.9 Å². The van der Waals surface area contributed by atoms with Crippen molar-refractivity contribution in [3.05, 3.63) is 76.5 Å². The van der Waals surface area contributed by atoms with Crippen molar-refractivity contribution in [3.8, 4) is 11.5 Å². The fourth-order valence-corrected chi connectivity index (χ4v) is 3.03. The van der Waals surface area contributed by atoms with Crippen LogP contribution in [0.2, 0.25) is 0 Å². The smallest absolute Gasteiger partial charge is 0.315 e. The number of hydrogen-bond acceptors (Lipinski definition) is 5. The molecule has 0 aliphatic rings. The van der Waals surface area contributed by atoms with Crippen molar-refractivity contribution in [1.82, 2.24) is 0 Å². The number of nitrogens with one attached hydrogen (secondary N) is 1. The van der Waals surface area contributed by atoms with Gasteiger partial charge in [0.25, 0.3) is 5.91 Å². The average Bonchev–Trinajstić information content (AvgIpc) is 3.20. The highest BCUT2D eigenvalue weighted by Gasteiger charge is 2.09. The summed E-state index contributed by atoms with van der Waals surface area (Å²) in [6, 6.07) is 17.6. The zero-order valence-electron chi connectivity index (χ0n) is 14.8. The molecular formula is C21H19NO4S. The van der Waals surface area contributed by atoms with E-state index in [1.807, 2.05) is 42.6 Å². The minimum atomic E-state index is -0.352. The number of carbonyl (C=O) groups excluding carboxylic acids is 2. The number of rotatable bonds is 7. The van der Waals surface area contributed by atoms with Gasteiger partial charge in [0.15, 0.2) is 0 Å². The van der Waals surface area contributed by atoms with Crippen molar-refractivity contribution in [2.45, 2.75) is 13.3 Å². The summed E-state index contributed by atoms with van der Waals surface area (Å²) in [4.78, 5) is 24.7. The summed E-state index contributed by atoms with van der Waals surface area (Å²) in [6.45, 7) is 2.52. The Labute approximate surface area is 161 Å². The number of benzene rings is 2. The van der Waals surface area contributed by atoms with E-state index >= 15 is 0 Å². The Morgan fingerprint density at radius 2 is 1.67 bits per heavy atom. The number of carbonyl (C=O) groups is 2. The van der Waals surface area contributed by atoms with Gasteiger partial charge in [-0.3, -0.25) is 9.59 Å². The molecule has 27 heavy (non-hydrogen) atoms. The average molecular weight is 381 g/mol. The number of thiophene rings is 1. The molecule has 1 heterocycles. The summed E-state index contributed by atoms with van der Waals surface area (Å²) in [5, 5.41) is 4.65. The van der Waals surface area contributed by atoms with E-state index in [-0.39, 0.29) is 18.3 Å². The van der Waals surface area contributed by atoms with Gasteiger partial charge in [0.05, 0.1) is 17.9 Å². The van der Waals surface area contributed by atoms with Crippen LogP contribution in [-0.4, -0.2) is 18.5 Å². The maximum Gasteiger partial charge on any atom is 0.315 e. The summed E-state index contributed by atoms with van der Waals surface area (Å²) in [6.07, 6.45) is 0.170. The minimum Gasteiger partial charge on any atom is -0.494 e. The molecule has 6 heteroatoms. The number of esters is 1. The lowest BCUT2D eigenvalue weighted by atomic mass is 10.1. The van der Waals surface area contributed by atoms with E-state index in [9.17, 15) is 9.59 Å². The highest BCUT2D eigenvalue weighted by atomic mass is 32.1. The molecule has 138 valence electrons. The van der Waals surface area contributed by atoms with Crippen LogP contribution in [0, 0.1) is 0 Å². The van der Waals surface area contributed by atoms with Gasteiger partial charge in [-0.15, -0.1) is 11.3 Å². The van der Waals surface area contributed by atoms with Crippen molar-refractivity contribution in [3.63, 3.8) is 0 Å². The van der Waals surface area contributed by atoms with Crippen LogP contribution >= 0.6 is 11.3 Å². The molecule has 1 amide bonds. The van der Waals surface area contributed by atoms with Gasteiger partial charge in [0.2, 0.25) is 0 Å². The maximum atomic E-state index is 12.1. The van der Waals surface area contributed by atoms with Crippen LogP contribution in [-0.2, 0) is 11.2 Å². The molecule has 1 N–H and O–H groups in total. The Bertz CT molecular complexity index is 887.